The molecule has 4 rings (SSSR count). The van der Waals surface area contributed by atoms with E-state index < -0.39 is 0 Å². The number of carbonyl (C=O) groups is 1. The Morgan fingerprint density at radius 1 is 1.00 bits per heavy atom. The molecule has 2 aromatic carbocycles. The number of aryl methyl sites for hydroxylation is 1. The quantitative estimate of drug-likeness (QED) is 0.638. The van der Waals surface area contributed by atoms with Crippen molar-refractivity contribution in [1.82, 2.24) is 25.1 Å². The summed E-state index contributed by atoms with van der Waals surface area (Å²) in [5, 5.41) is 11.6. The highest BCUT2D eigenvalue weighted by Crippen LogP contribution is 2.20. The molecule has 0 aliphatic carbocycles. The van der Waals surface area contributed by atoms with E-state index in [4.69, 9.17) is 0 Å². The van der Waals surface area contributed by atoms with Crippen molar-refractivity contribution in [2.24, 2.45) is 0 Å². The van der Waals surface area contributed by atoms with Crippen molar-refractivity contribution in [2.45, 2.75) is 6.92 Å². The Kier molecular flexibility index (Phi) is 5.33. The number of carbonyl (C=O) groups excluding carboxylic acids is 1. The first kappa shape index (κ1) is 18.8. The van der Waals surface area contributed by atoms with Crippen LogP contribution in [0.3, 0.4) is 0 Å². The zero-order chi connectivity index (χ0) is 20.2. The molecule has 1 amide bonds. The Bertz CT molecular complexity index is 1010. The number of benzene rings is 2. The molecule has 1 aliphatic heterocycles. The maximum atomic E-state index is 13.3. The van der Waals surface area contributed by atoms with E-state index in [0.717, 1.165) is 11.3 Å². The molecule has 3 aromatic rings. The summed E-state index contributed by atoms with van der Waals surface area (Å²) in [5.41, 5.74) is 2.26. The minimum atomic E-state index is -0.255. The fraction of sp³-hybridized carbons (Fsp3) is 0.238. The number of nitrogens with zero attached hydrogens (tertiary/aromatic N) is 6. The van der Waals surface area contributed by atoms with Gasteiger partial charge in [-0.1, -0.05) is 30.3 Å². The van der Waals surface area contributed by atoms with E-state index in [0.29, 0.717) is 37.7 Å². The number of anilines is 1. The van der Waals surface area contributed by atoms with Gasteiger partial charge in [0.15, 0.2) is 5.82 Å². The summed E-state index contributed by atoms with van der Waals surface area (Å²) < 4.78 is 14.6. The Morgan fingerprint density at radius 2 is 1.69 bits per heavy atom. The molecule has 1 saturated heterocycles. The van der Waals surface area contributed by atoms with Gasteiger partial charge < -0.3 is 9.80 Å². The lowest BCUT2D eigenvalue weighted by Crippen LogP contribution is -2.49. The van der Waals surface area contributed by atoms with Gasteiger partial charge in [0, 0.05) is 31.9 Å². The molecule has 0 saturated carbocycles. The summed E-state index contributed by atoms with van der Waals surface area (Å²) in [6, 6.07) is 16.1. The molecule has 1 fully saturated rings. The summed E-state index contributed by atoms with van der Waals surface area (Å²) >= 11 is 0. The van der Waals surface area contributed by atoms with E-state index in [1.807, 2.05) is 30.3 Å². The molecule has 0 unspecified atom stereocenters. The average molecular weight is 392 g/mol. The SMILES string of the molecule is Cc1nnnn1C(=Cc1ccccc1)C(=O)N1CCN(c2ccc(F)cc2)CC1. The first-order chi connectivity index (χ1) is 14.1. The van der Waals surface area contributed by atoms with Gasteiger partial charge in [-0.25, -0.2) is 4.39 Å². The molecule has 1 aromatic heterocycles. The van der Waals surface area contributed by atoms with Crippen molar-refractivity contribution in [3.63, 3.8) is 0 Å². The number of amides is 1. The lowest BCUT2D eigenvalue weighted by atomic mass is 10.1. The lowest BCUT2D eigenvalue weighted by molar-refractivity contribution is -0.125. The third-order valence-corrected chi connectivity index (χ3v) is 4.93. The van der Waals surface area contributed by atoms with Crippen molar-refractivity contribution in [2.75, 3.05) is 31.1 Å². The summed E-state index contributed by atoms with van der Waals surface area (Å²) in [6.45, 7) is 4.22. The second-order valence-electron chi connectivity index (χ2n) is 6.83. The van der Waals surface area contributed by atoms with Gasteiger partial charge in [-0.3, -0.25) is 4.79 Å². The number of hydrogen-bond acceptors (Lipinski definition) is 5. The van der Waals surface area contributed by atoms with Gasteiger partial charge >= 0.3 is 0 Å². The highest BCUT2D eigenvalue weighted by atomic mass is 19.1. The fourth-order valence-electron chi connectivity index (χ4n) is 3.36. The zero-order valence-corrected chi connectivity index (χ0v) is 16.1. The monoisotopic (exact) mass is 392 g/mol. The number of aromatic nitrogens is 4. The standard InChI is InChI=1S/C21H21FN6O/c1-16-23-24-25-28(16)20(15-17-5-3-2-4-6-17)21(29)27-13-11-26(12-14-27)19-9-7-18(22)8-10-19/h2-10,15H,11-14H2,1H3. The van der Waals surface area contributed by atoms with Crippen LogP contribution in [0.4, 0.5) is 10.1 Å². The number of hydrogen-bond donors (Lipinski definition) is 0. The van der Waals surface area contributed by atoms with Gasteiger partial charge in [0.2, 0.25) is 0 Å². The molecule has 8 heteroatoms. The van der Waals surface area contributed by atoms with Crippen molar-refractivity contribution < 1.29 is 9.18 Å². The van der Waals surface area contributed by atoms with Crippen LogP contribution >= 0.6 is 0 Å². The Hall–Kier alpha value is -3.55. The zero-order valence-electron chi connectivity index (χ0n) is 16.1. The van der Waals surface area contributed by atoms with Crippen LogP contribution in [-0.2, 0) is 4.79 Å². The van der Waals surface area contributed by atoms with Crippen molar-refractivity contribution in [3.05, 3.63) is 71.8 Å². The smallest absolute Gasteiger partial charge is 0.272 e. The fourth-order valence-corrected chi connectivity index (χ4v) is 3.36. The molecule has 0 N–H and O–H groups in total. The third-order valence-electron chi connectivity index (χ3n) is 4.93. The first-order valence-corrected chi connectivity index (χ1v) is 9.44. The average Bonchev–Trinajstić information content (AvgIpc) is 3.18. The second-order valence-corrected chi connectivity index (χ2v) is 6.83. The van der Waals surface area contributed by atoms with Crippen LogP contribution in [0.1, 0.15) is 11.4 Å². The minimum absolute atomic E-state index is 0.122. The molecule has 7 nitrogen and oxygen atoms in total. The van der Waals surface area contributed by atoms with Crippen LogP contribution in [0, 0.1) is 12.7 Å². The van der Waals surface area contributed by atoms with Crippen molar-refractivity contribution in [3.8, 4) is 0 Å². The van der Waals surface area contributed by atoms with Gasteiger partial charge in [-0.05, 0) is 53.3 Å². The molecule has 29 heavy (non-hydrogen) atoms. The lowest BCUT2D eigenvalue weighted by Gasteiger charge is -2.36. The Balaban J connectivity index is 1.54. The summed E-state index contributed by atoms with van der Waals surface area (Å²) in [5.74, 6) is 0.170. The molecule has 0 radical (unpaired) electrons. The van der Waals surface area contributed by atoms with Crippen LogP contribution in [0.5, 0.6) is 0 Å². The predicted octanol–water partition coefficient (Wildman–Crippen LogP) is 2.47. The molecule has 148 valence electrons. The van der Waals surface area contributed by atoms with Crippen LogP contribution in [-0.4, -0.2) is 57.2 Å². The number of tetrazole rings is 1. The molecule has 0 spiro atoms. The summed E-state index contributed by atoms with van der Waals surface area (Å²) in [6.07, 6.45) is 1.80. The number of piperazine rings is 1. The minimum Gasteiger partial charge on any atom is -0.368 e. The van der Waals surface area contributed by atoms with Crippen molar-refractivity contribution in [1.29, 1.82) is 0 Å². The van der Waals surface area contributed by atoms with E-state index in [1.54, 1.807) is 30.0 Å². The second kappa shape index (κ2) is 8.22. The topological polar surface area (TPSA) is 67.2 Å². The van der Waals surface area contributed by atoms with Gasteiger partial charge in [0.05, 0.1) is 0 Å². The van der Waals surface area contributed by atoms with E-state index in [1.165, 1.54) is 16.8 Å². The largest absolute Gasteiger partial charge is 0.368 e. The van der Waals surface area contributed by atoms with Gasteiger partial charge in [-0.15, -0.1) is 5.10 Å². The van der Waals surface area contributed by atoms with Crippen molar-refractivity contribution >= 4 is 23.4 Å². The summed E-state index contributed by atoms with van der Waals surface area (Å²) in [4.78, 5) is 17.3. The maximum Gasteiger partial charge on any atom is 0.272 e. The summed E-state index contributed by atoms with van der Waals surface area (Å²) in [7, 11) is 0. The van der Waals surface area contributed by atoms with Crippen LogP contribution in [0.25, 0.3) is 11.8 Å². The normalized spacial score (nSPS) is 14.9. The van der Waals surface area contributed by atoms with E-state index in [2.05, 4.69) is 20.4 Å². The molecular weight excluding hydrogens is 371 g/mol. The van der Waals surface area contributed by atoms with E-state index in [-0.39, 0.29) is 11.7 Å². The third kappa shape index (κ3) is 4.16. The molecule has 0 atom stereocenters. The first-order valence-electron chi connectivity index (χ1n) is 9.44. The molecular formula is C21H21FN6O. The van der Waals surface area contributed by atoms with Crippen LogP contribution in [0.2, 0.25) is 0 Å². The number of halogens is 1. The Morgan fingerprint density at radius 3 is 2.31 bits per heavy atom. The van der Waals surface area contributed by atoms with Gasteiger partial charge in [-0.2, -0.15) is 4.68 Å². The van der Waals surface area contributed by atoms with E-state index >= 15 is 0 Å². The predicted molar refractivity (Wildman–Crippen MR) is 108 cm³/mol. The molecule has 1 aliphatic rings. The highest BCUT2D eigenvalue weighted by molar-refractivity contribution is 6.18. The van der Waals surface area contributed by atoms with Crippen LogP contribution < -0.4 is 4.90 Å². The molecule has 0 bridgehead atoms. The Labute approximate surface area is 168 Å². The van der Waals surface area contributed by atoms with Gasteiger partial charge in [0.1, 0.15) is 11.5 Å². The highest BCUT2D eigenvalue weighted by Gasteiger charge is 2.26. The maximum absolute atomic E-state index is 13.3. The van der Waals surface area contributed by atoms with E-state index in [9.17, 15) is 9.18 Å². The van der Waals surface area contributed by atoms with Crippen LogP contribution in [0.15, 0.2) is 54.6 Å². The van der Waals surface area contributed by atoms with Gasteiger partial charge in [0.25, 0.3) is 5.91 Å². The number of rotatable bonds is 4. The molecule has 2 heterocycles.